The van der Waals surface area contributed by atoms with Crippen molar-refractivity contribution in [2.75, 3.05) is 26.2 Å². The number of amides is 7. The van der Waals surface area contributed by atoms with Crippen LogP contribution < -0.4 is 16.0 Å². The Balaban J connectivity index is 1.64. The molecule has 1 aromatic rings. The van der Waals surface area contributed by atoms with Gasteiger partial charge in [0.25, 0.3) is 5.91 Å². The zero-order valence-corrected chi connectivity index (χ0v) is 27.3. The Morgan fingerprint density at radius 2 is 1.77 bits per heavy atom. The van der Waals surface area contributed by atoms with E-state index in [-0.39, 0.29) is 43.8 Å². The molecule has 3 aliphatic rings. The first-order valence-corrected chi connectivity index (χ1v) is 15.6. The van der Waals surface area contributed by atoms with Crippen LogP contribution in [0.2, 0.25) is 0 Å². The molecule has 0 saturated carbocycles. The van der Waals surface area contributed by atoms with Crippen LogP contribution in [0.4, 0.5) is 4.79 Å². The molecule has 4 atom stereocenters. The number of rotatable bonds is 10. The summed E-state index contributed by atoms with van der Waals surface area (Å²) >= 11 is 0.977. The molecular weight excluding hydrogens is 636 g/mol. The number of fused-ring (bicyclic) bond motifs is 1. The van der Waals surface area contributed by atoms with Gasteiger partial charge in [-0.25, -0.2) is 9.59 Å². The second-order valence-electron chi connectivity index (χ2n) is 11.8. The van der Waals surface area contributed by atoms with Gasteiger partial charge >= 0.3 is 29.8 Å². The van der Waals surface area contributed by atoms with Gasteiger partial charge in [-0.15, -0.1) is 11.8 Å². The topological polar surface area (TPSA) is 201 Å². The van der Waals surface area contributed by atoms with Crippen LogP contribution in [0, 0.1) is 0 Å². The Morgan fingerprint density at radius 1 is 1.09 bits per heavy atom. The van der Waals surface area contributed by atoms with E-state index >= 15 is 0 Å². The summed E-state index contributed by atoms with van der Waals surface area (Å²) in [5.74, 6) is -5.19. The fourth-order valence-electron chi connectivity index (χ4n) is 5.25. The zero-order chi connectivity index (χ0) is 34.7. The predicted molar refractivity (Wildman–Crippen MR) is 164 cm³/mol. The number of nitrogens with zero attached hydrogens (tertiary/aromatic N) is 3. The van der Waals surface area contributed by atoms with E-state index < -0.39 is 70.3 Å². The first-order valence-electron chi connectivity index (χ1n) is 14.7. The number of β-lactam (4-membered cyclic amide) rings is 1. The highest BCUT2D eigenvalue weighted by Gasteiger charge is 2.67. The molecule has 0 aromatic heterocycles. The number of carbonyl (C=O) groups is 8. The lowest BCUT2D eigenvalue weighted by Crippen LogP contribution is -2.87. The molecule has 0 bridgehead atoms. The van der Waals surface area contributed by atoms with E-state index in [2.05, 4.69) is 16.0 Å². The molecule has 7 amide bonds. The summed E-state index contributed by atoms with van der Waals surface area (Å²) in [6.45, 7) is 7.75. The molecule has 17 heteroatoms. The van der Waals surface area contributed by atoms with Crippen LogP contribution in [0.15, 0.2) is 41.3 Å². The molecule has 47 heavy (non-hydrogen) atoms. The van der Waals surface area contributed by atoms with Gasteiger partial charge < -0.3 is 35.2 Å². The molecule has 0 spiro atoms. The first kappa shape index (κ1) is 34.9. The maximum Gasteiger partial charge on any atom is 0.333 e. The van der Waals surface area contributed by atoms with E-state index in [1.54, 1.807) is 45.9 Å². The maximum atomic E-state index is 13.9. The van der Waals surface area contributed by atoms with Crippen molar-refractivity contribution in [3.05, 3.63) is 46.9 Å². The second kappa shape index (κ2) is 13.8. The average molecular weight is 673 g/mol. The zero-order valence-electron chi connectivity index (χ0n) is 26.4. The molecule has 252 valence electrons. The summed E-state index contributed by atoms with van der Waals surface area (Å²) in [5.41, 5.74) is -2.52. The van der Waals surface area contributed by atoms with Gasteiger partial charge in [0.15, 0.2) is 6.04 Å². The van der Waals surface area contributed by atoms with Crippen molar-refractivity contribution >= 4 is 59.8 Å². The minimum absolute atomic E-state index is 0.107. The average Bonchev–Trinajstić information content (AvgIpc) is 3.02. The van der Waals surface area contributed by atoms with E-state index in [4.69, 9.17) is 9.47 Å². The van der Waals surface area contributed by atoms with Crippen LogP contribution in [0.5, 0.6) is 0 Å². The highest BCUT2D eigenvalue weighted by atomic mass is 32.2. The van der Waals surface area contributed by atoms with Crippen molar-refractivity contribution in [1.29, 1.82) is 0 Å². The molecular formula is C30H36N6O10S. The molecule has 2 fully saturated rings. The lowest BCUT2D eigenvalue weighted by atomic mass is 9.91. The predicted octanol–water partition coefficient (Wildman–Crippen LogP) is -0.241. The number of esters is 2. The van der Waals surface area contributed by atoms with Gasteiger partial charge in [0.05, 0.1) is 0 Å². The van der Waals surface area contributed by atoms with Gasteiger partial charge in [0, 0.05) is 32.1 Å². The highest BCUT2D eigenvalue weighted by molar-refractivity contribution is 8.03. The van der Waals surface area contributed by atoms with Crippen LogP contribution in [0.1, 0.15) is 46.2 Å². The summed E-state index contributed by atoms with van der Waals surface area (Å²) in [5, 5.41) is 7.81. The van der Waals surface area contributed by atoms with Crippen LogP contribution in [0.25, 0.3) is 0 Å². The standard InChI is InChI=1S/C30H36N6O10S/c1-6-34-12-13-35(24(41)23(34)40)28(44)32-20(18-10-8-7-9-11-18)22(39)33-30(31-16-37)26(43)36-21(25(42)46-29(3,4)5)19(14-45-17(2)38)15-47-27(30)36/h7-11,15-16,20-21,27H,6,12-14H2,1-5H3,(H,31,37)(H,32,44)(H,33,39)/t20?,21?,27-,30-/m1/s1. The number of piperazine rings is 1. The van der Waals surface area contributed by atoms with E-state index in [9.17, 15) is 38.4 Å². The Labute approximate surface area is 274 Å². The first-order chi connectivity index (χ1) is 22.1. The third kappa shape index (κ3) is 7.08. The van der Waals surface area contributed by atoms with Crippen molar-refractivity contribution < 1.29 is 47.8 Å². The van der Waals surface area contributed by atoms with E-state index in [0.29, 0.717) is 4.90 Å². The molecule has 16 nitrogen and oxygen atoms in total. The number of nitrogens with one attached hydrogen (secondary N) is 3. The minimum atomic E-state index is -2.08. The van der Waals surface area contributed by atoms with Crippen molar-refractivity contribution in [3.63, 3.8) is 0 Å². The van der Waals surface area contributed by atoms with Gasteiger partial charge in [-0.2, -0.15) is 0 Å². The van der Waals surface area contributed by atoms with E-state index in [1.165, 1.54) is 29.4 Å². The van der Waals surface area contributed by atoms with Gasteiger partial charge in [-0.1, -0.05) is 30.3 Å². The smallest absolute Gasteiger partial charge is 0.333 e. The molecule has 2 saturated heterocycles. The number of benzene rings is 1. The number of hydrogen-bond donors (Lipinski definition) is 3. The van der Waals surface area contributed by atoms with Crippen molar-refractivity contribution in [2.24, 2.45) is 0 Å². The van der Waals surface area contributed by atoms with Crippen molar-refractivity contribution in [3.8, 4) is 0 Å². The van der Waals surface area contributed by atoms with E-state index in [1.807, 2.05) is 0 Å². The second-order valence-corrected chi connectivity index (χ2v) is 12.8. The third-order valence-electron chi connectivity index (χ3n) is 7.45. The SMILES string of the molecule is CCN1CCN(C(=O)NC(C(=O)N[C@]2(NC=O)C(=O)N3C(C(=O)OC(C)(C)C)C(COC(C)=O)=CS[C@@H]32)c2ccccc2)C(=O)C1=O. The molecule has 3 N–H and O–H groups in total. The number of urea groups is 1. The van der Waals surface area contributed by atoms with Crippen LogP contribution >= 0.6 is 11.8 Å². The number of ether oxygens (including phenoxy) is 2. The summed E-state index contributed by atoms with van der Waals surface area (Å²) in [6, 6.07) is 4.07. The summed E-state index contributed by atoms with van der Waals surface area (Å²) in [7, 11) is 0. The van der Waals surface area contributed by atoms with Gasteiger partial charge in [-0.05, 0) is 38.7 Å². The van der Waals surface area contributed by atoms with Crippen LogP contribution in [0.3, 0.4) is 0 Å². The molecule has 0 radical (unpaired) electrons. The summed E-state index contributed by atoms with van der Waals surface area (Å²) in [6.07, 6.45) is 0.213. The number of carbonyl (C=O) groups excluding carboxylic acids is 8. The van der Waals surface area contributed by atoms with Crippen LogP contribution in [-0.4, -0.2) is 112 Å². The highest BCUT2D eigenvalue weighted by Crippen LogP contribution is 2.45. The number of hydrogen-bond acceptors (Lipinski definition) is 11. The van der Waals surface area contributed by atoms with Gasteiger partial charge in [0.2, 0.25) is 18.0 Å². The number of thioether (sulfide) groups is 1. The molecule has 1 aromatic carbocycles. The Kier molecular flexibility index (Phi) is 10.3. The van der Waals surface area contributed by atoms with Crippen molar-refractivity contribution in [1.82, 2.24) is 30.7 Å². The lowest BCUT2D eigenvalue weighted by Gasteiger charge is -2.58. The molecule has 2 unspecified atom stereocenters. The Bertz CT molecular complexity index is 1510. The quantitative estimate of drug-likeness (QED) is 0.0974. The third-order valence-corrected chi connectivity index (χ3v) is 8.73. The lowest BCUT2D eigenvalue weighted by molar-refractivity contribution is -0.178. The van der Waals surface area contributed by atoms with E-state index in [0.717, 1.165) is 16.7 Å². The maximum absolute atomic E-state index is 13.9. The normalized spacial score (nSPS) is 23.0. The number of likely N-dealkylation sites (N-methyl/N-ethyl adjacent to an activating group) is 1. The molecule has 3 heterocycles. The number of imide groups is 1. The largest absolute Gasteiger partial charge is 0.461 e. The monoisotopic (exact) mass is 672 g/mol. The minimum Gasteiger partial charge on any atom is -0.461 e. The van der Waals surface area contributed by atoms with Crippen LogP contribution in [-0.2, 0) is 43.0 Å². The Hall–Kier alpha value is -4.93. The molecule has 3 aliphatic heterocycles. The molecule has 4 rings (SSSR count). The fourth-order valence-corrected chi connectivity index (χ4v) is 6.54. The van der Waals surface area contributed by atoms with Gasteiger partial charge in [-0.3, -0.25) is 33.7 Å². The van der Waals surface area contributed by atoms with Gasteiger partial charge in [0.1, 0.15) is 23.6 Å². The van der Waals surface area contributed by atoms with Crippen molar-refractivity contribution in [2.45, 2.75) is 63.3 Å². The summed E-state index contributed by atoms with van der Waals surface area (Å²) < 4.78 is 10.6. The summed E-state index contributed by atoms with van der Waals surface area (Å²) in [4.78, 5) is 106. The Morgan fingerprint density at radius 3 is 2.36 bits per heavy atom. The molecule has 0 aliphatic carbocycles. The fraction of sp³-hybridized carbons (Fsp3) is 0.467.